The molecule has 5 nitrogen and oxygen atoms in total. The number of hydrogen-bond donors (Lipinski definition) is 3. The second-order valence-electron chi connectivity index (χ2n) is 7.05. The summed E-state index contributed by atoms with van der Waals surface area (Å²) in [6.45, 7) is 0. The van der Waals surface area contributed by atoms with Crippen molar-refractivity contribution >= 4 is 5.91 Å². The Bertz CT molecular complexity index is 762. The van der Waals surface area contributed by atoms with Crippen molar-refractivity contribution in [1.82, 2.24) is 10.6 Å². The van der Waals surface area contributed by atoms with Crippen LogP contribution in [-0.4, -0.2) is 24.2 Å². The van der Waals surface area contributed by atoms with E-state index in [4.69, 9.17) is 10.2 Å². The van der Waals surface area contributed by atoms with Crippen LogP contribution in [0.1, 0.15) is 24.8 Å². The Labute approximate surface area is 145 Å². The van der Waals surface area contributed by atoms with E-state index in [0.717, 1.165) is 30.4 Å². The summed E-state index contributed by atoms with van der Waals surface area (Å²) in [5.74, 6) is -0.000229. The summed E-state index contributed by atoms with van der Waals surface area (Å²) in [6.07, 6.45) is 6.08. The zero-order valence-corrected chi connectivity index (χ0v) is 13.9. The molecule has 132 valence electrons. The second-order valence-corrected chi connectivity index (χ2v) is 7.05. The Kier molecular flexibility index (Phi) is 4.31. The number of furan rings is 1. The summed E-state index contributed by atoms with van der Waals surface area (Å²) in [7, 11) is 0. The highest BCUT2D eigenvalue weighted by atomic mass is 19.1. The van der Waals surface area contributed by atoms with Crippen LogP contribution in [0.15, 0.2) is 41.2 Å². The first-order valence-electron chi connectivity index (χ1n) is 8.73. The number of carbonyl (C=O) groups is 1. The maximum Gasteiger partial charge on any atom is 0.238 e. The van der Waals surface area contributed by atoms with E-state index >= 15 is 0 Å². The van der Waals surface area contributed by atoms with Crippen LogP contribution in [0.4, 0.5) is 4.39 Å². The predicted octanol–water partition coefficient (Wildman–Crippen LogP) is 2.17. The van der Waals surface area contributed by atoms with Crippen molar-refractivity contribution in [2.75, 3.05) is 0 Å². The largest absolute Gasteiger partial charge is 0.472 e. The number of nitrogens with one attached hydrogen (secondary N) is 2. The molecular formula is C19H22FN3O2. The van der Waals surface area contributed by atoms with Crippen molar-refractivity contribution in [3.05, 3.63) is 48.2 Å². The van der Waals surface area contributed by atoms with Crippen molar-refractivity contribution in [2.45, 2.75) is 43.9 Å². The van der Waals surface area contributed by atoms with Gasteiger partial charge in [-0.05, 0) is 48.4 Å². The lowest BCUT2D eigenvalue weighted by molar-refractivity contribution is -0.124. The summed E-state index contributed by atoms with van der Waals surface area (Å²) in [6, 6.07) is 7.09. The van der Waals surface area contributed by atoms with Gasteiger partial charge in [-0.15, -0.1) is 0 Å². The molecule has 1 aromatic heterocycles. The third kappa shape index (κ3) is 3.32. The Hall–Kier alpha value is -2.18. The van der Waals surface area contributed by atoms with Crippen LogP contribution in [0.5, 0.6) is 0 Å². The maximum atomic E-state index is 14.4. The summed E-state index contributed by atoms with van der Waals surface area (Å²) in [5.41, 5.74) is 8.09. The van der Waals surface area contributed by atoms with Crippen molar-refractivity contribution in [3.8, 4) is 11.1 Å². The Morgan fingerprint density at radius 2 is 2.24 bits per heavy atom. The van der Waals surface area contributed by atoms with E-state index in [2.05, 4.69) is 10.6 Å². The summed E-state index contributed by atoms with van der Waals surface area (Å²) < 4.78 is 19.4. The van der Waals surface area contributed by atoms with Gasteiger partial charge in [0.15, 0.2) is 0 Å². The number of benzene rings is 1. The molecule has 2 fully saturated rings. The molecular weight excluding hydrogens is 321 g/mol. The monoisotopic (exact) mass is 343 g/mol. The molecule has 1 saturated carbocycles. The summed E-state index contributed by atoms with van der Waals surface area (Å²) >= 11 is 0. The molecule has 1 amide bonds. The molecule has 2 heterocycles. The predicted molar refractivity (Wildman–Crippen MR) is 92.0 cm³/mol. The molecule has 0 radical (unpaired) electrons. The molecule has 1 aliphatic heterocycles. The fourth-order valence-electron chi connectivity index (χ4n) is 4.03. The summed E-state index contributed by atoms with van der Waals surface area (Å²) in [4.78, 5) is 12.4. The van der Waals surface area contributed by atoms with Crippen molar-refractivity contribution < 1.29 is 13.6 Å². The Morgan fingerprint density at radius 3 is 2.88 bits per heavy atom. The van der Waals surface area contributed by atoms with E-state index in [1.165, 1.54) is 6.07 Å². The van der Waals surface area contributed by atoms with E-state index < -0.39 is 6.17 Å². The number of carbonyl (C=O) groups excluding carboxylic acids is 1. The minimum Gasteiger partial charge on any atom is -0.472 e. The first-order valence-corrected chi connectivity index (χ1v) is 8.73. The quantitative estimate of drug-likeness (QED) is 0.727. The van der Waals surface area contributed by atoms with Crippen LogP contribution < -0.4 is 16.4 Å². The Balaban J connectivity index is 1.37. The number of amides is 1. The third-order valence-corrected chi connectivity index (χ3v) is 5.32. The normalized spacial score (nSPS) is 25.9. The van der Waals surface area contributed by atoms with Gasteiger partial charge < -0.3 is 20.8 Å². The molecule has 1 aromatic carbocycles. The number of fused-ring (bicyclic) bond motifs is 2. The van der Waals surface area contributed by atoms with Gasteiger partial charge in [0.05, 0.1) is 24.7 Å². The SMILES string of the molecule is NC(Cc1ccc(-c2ccoc2)cc1F)NC(=O)C1NC2CCC1C2. The fraction of sp³-hybridized carbons (Fsp3) is 0.421. The molecule has 25 heavy (non-hydrogen) atoms. The maximum absolute atomic E-state index is 14.4. The molecule has 1 saturated heterocycles. The van der Waals surface area contributed by atoms with E-state index in [1.807, 2.05) is 6.07 Å². The van der Waals surface area contributed by atoms with Gasteiger partial charge in [0, 0.05) is 18.0 Å². The number of nitrogens with two attached hydrogens (primary N) is 1. The van der Waals surface area contributed by atoms with E-state index in [-0.39, 0.29) is 24.2 Å². The molecule has 6 heteroatoms. The number of hydrogen-bond acceptors (Lipinski definition) is 4. The molecule has 4 atom stereocenters. The molecule has 2 aromatic rings. The van der Waals surface area contributed by atoms with Crippen molar-refractivity contribution in [1.29, 1.82) is 0 Å². The molecule has 0 spiro atoms. The lowest BCUT2D eigenvalue weighted by Gasteiger charge is -2.24. The van der Waals surface area contributed by atoms with Crippen LogP contribution in [0.3, 0.4) is 0 Å². The minimum absolute atomic E-state index is 0.0740. The van der Waals surface area contributed by atoms with Gasteiger partial charge in [-0.2, -0.15) is 0 Å². The number of piperidine rings is 1. The van der Waals surface area contributed by atoms with Crippen LogP contribution in [0, 0.1) is 11.7 Å². The molecule has 4 unspecified atom stereocenters. The molecule has 1 aliphatic carbocycles. The molecule has 4 N–H and O–H groups in total. The highest BCUT2D eigenvalue weighted by molar-refractivity contribution is 5.83. The van der Waals surface area contributed by atoms with Gasteiger partial charge in [-0.1, -0.05) is 12.1 Å². The zero-order valence-electron chi connectivity index (χ0n) is 13.9. The average Bonchev–Trinajstić information content (AvgIpc) is 3.34. The lowest BCUT2D eigenvalue weighted by Crippen LogP contribution is -2.53. The summed E-state index contributed by atoms with van der Waals surface area (Å²) in [5, 5.41) is 6.16. The van der Waals surface area contributed by atoms with E-state index in [0.29, 0.717) is 17.5 Å². The van der Waals surface area contributed by atoms with Crippen LogP contribution in [0.2, 0.25) is 0 Å². The zero-order chi connectivity index (χ0) is 17.4. The van der Waals surface area contributed by atoms with Gasteiger partial charge in [0.2, 0.25) is 5.91 Å². The average molecular weight is 343 g/mol. The topological polar surface area (TPSA) is 80.3 Å². The van der Waals surface area contributed by atoms with Gasteiger partial charge in [-0.3, -0.25) is 4.79 Å². The van der Waals surface area contributed by atoms with Crippen molar-refractivity contribution in [2.24, 2.45) is 11.7 Å². The highest BCUT2D eigenvalue weighted by Gasteiger charge is 2.42. The molecule has 2 bridgehead atoms. The lowest BCUT2D eigenvalue weighted by atomic mass is 9.99. The fourth-order valence-corrected chi connectivity index (χ4v) is 4.03. The first-order chi connectivity index (χ1) is 12.1. The third-order valence-electron chi connectivity index (χ3n) is 5.32. The highest BCUT2D eigenvalue weighted by Crippen LogP contribution is 2.35. The van der Waals surface area contributed by atoms with Crippen LogP contribution in [0.25, 0.3) is 11.1 Å². The standard InChI is InChI=1S/C19H22FN3O2/c20-16-8-11(14-5-6-25-10-14)1-2-12(16)9-17(21)23-19(24)18-13-3-4-15(7-13)22-18/h1-2,5-6,8,10,13,15,17-18,22H,3-4,7,9,21H2,(H,23,24). The number of rotatable bonds is 5. The van der Waals surface area contributed by atoms with Crippen molar-refractivity contribution in [3.63, 3.8) is 0 Å². The van der Waals surface area contributed by atoms with Gasteiger partial charge in [0.1, 0.15) is 5.82 Å². The van der Waals surface area contributed by atoms with Crippen LogP contribution >= 0.6 is 0 Å². The van der Waals surface area contributed by atoms with Gasteiger partial charge >= 0.3 is 0 Å². The number of halogens is 1. The second kappa shape index (κ2) is 6.61. The van der Waals surface area contributed by atoms with Crippen LogP contribution in [-0.2, 0) is 11.2 Å². The van der Waals surface area contributed by atoms with Gasteiger partial charge in [0.25, 0.3) is 0 Å². The molecule has 4 rings (SSSR count). The van der Waals surface area contributed by atoms with Gasteiger partial charge in [-0.25, -0.2) is 4.39 Å². The van der Waals surface area contributed by atoms with E-state index in [9.17, 15) is 9.18 Å². The van der Waals surface area contributed by atoms with E-state index in [1.54, 1.807) is 24.7 Å². The first kappa shape index (κ1) is 16.3. The smallest absolute Gasteiger partial charge is 0.238 e. The minimum atomic E-state index is -0.609. The Morgan fingerprint density at radius 1 is 1.36 bits per heavy atom. The molecule has 2 aliphatic rings.